The third-order valence-electron chi connectivity index (χ3n) is 1.38. The minimum atomic E-state index is -0.410. The van der Waals surface area contributed by atoms with Gasteiger partial charge in [-0.05, 0) is 25.0 Å². The Kier molecular flexibility index (Phi) is 5.30. The van der Waals surface area contributed by atoms with Crippen LogP contribution in [-0.2, 0) is 0 Å². The fraction of sp³-hybridized carbons (Fsp3) is 0.500. The van der Waals surface area contributed by atoms with Crippen molar-refractivity contribution in [1.82, 2.24) is 4.98 Å². The molecule has 12 heavy (non-hydrogen) atoms. The largest absolute Gasteiger partial charge is 0.389 e. The number of aromatic nitrogens is 1. The SMILES string of the molecule is CC.Cc1cncc(C(C)O)c1. The second-order valence-corrected chi connectivity index (χ2v) is 2.47. The van der Waals surface area contributed by atoms with Crippen LogP contribution in [0.2, 0.25) is 0 Å². The highest BCUT2D eigenvalue weighted by Crippen LogP contribution is 2.10. The van der Waals surface area contributed by atoms with E-state index in [1.165, 1.54) is 0 Å². The van der Waals surface area contributed by atoms with Crippen molar-refractivity contribution in [3.05, 3.63) is 29.6 Å². The number of nitrogens with zero attached hydrogens (tertiary/aromatic N) is 1. The molecule has 0 aromatic carbocycles. The fourth-order valence-corrected chi connectivity index (χ4v) is 0.807. The van der Waals surface area contributed by atoms with E-state index in [1.807, 2.05) is 26.8 Å². The molecule has 0 aliphatic heterocycles. The average Bonchev–Trinajstić information content (AvgIpc) is 2.08. The lowest BCUT2D eigenvalue weighted by Crippen LogP contribution is -1.91. The number of aliphatic hydroxyl groups is 1. The standard InChI is InChI=1S/C8H11NO.C2H6/c1-6-3-8(7(2)10)5-9-4-6;1-2/h3-5,7,10H,1-2H3;1-2H3. The predicted octanol–water partition coefficient (Wildman–Crippen LogP) is 2.47. The van der Waals surface area contributed by atoms with E-state index >= 15 is 0 Å². The summed E-state index contributed by atoms with van der Waals surface area (Å²) in [5, 5.41) is 9.11. The van der Waals surface area contributed by atoms with Gasteiger partial charge in [0.25, 0.3) is 0 Å². The molecule has 1 rings (SSSR count). The zero-order valence-corrected chi connectivity index (χ0v) is 8.20. The van der Waals surface area contributed by atoms with Gasteiger partial charge in [0.05, 0.1) is 6.10 Å². The van der Waals surface area contributed by atoms with Crippen LogP contribution in [0.5, 0.6) is 0 Å². The van der Waals surface area contributed by atoms with Crippen molar-refractivity contribution in [2.75, 3.05) is 0 Å². The summed E-state index contributed by atoms with van der Waals surface area (Å²) in [5.74, 6) is 0. The van der Waals surface area contributed by atoms with E-state index in [4.69, 9.17) is 5.11 Å². The Morgan fingerprint density at radius 3 is 2.25 bits per heavy atom. The van der Waals surface area contributed by atoms with E-state index in [9.17, 15) is 0 Å². The maximum atomic E-state index is 9.11. The Labute approximate surface area is 74.3 Å². The van der Waals surface area contributed by atoms with E-state index in [0.717, 1.165) is 11.1 Å². The van der Waals surface area contributed by atoms with E-state index in [1.54, 1.807) is 19.3 Å². The summed E-state index contributed by atoms with van der Waals surface area (Å²) < 4.78 is 0. The van der Waals surface area contributed by atoms with Gasteiger partial charge in [0.1, 0.15) is 0 Å². The molecule has 1 N–H and O–H groups in total. The molecule has 1 atom stereocenters. The number of rotatable bonds is 1. The first-order valence-electron chi connectivity index (χ1n) is 4.30. The molecule has 0 saturated heterocycles. The highest BCUT2D eigenvalue weighted by molar-refractivity contribution is 5.17. The number of aryl methyl sites for hydroxylation is 1. The average molecular weight is 167 g/mol. The number of pyridine rings is 1. The highest BCUT2D eigenvalue weighted by atomic mass is 16.3. The van der Waals surface area contributed by atoms with E-state index in [2.05, 4.69) is 4.98 Å². The molecule has 0 aliphatic rings. The van der Waals surface area contributed by atoms with Crippen molar-refractivity contribution in [2.45, 2.75) is 33.8 Å². The molecule has 0 amide bonds. The molecule has 1 unspecified atom stereocenters. The van der Waals surface area contributed by atoms with Crippen LogP contribution in [-0.4, -0.2) is 10.1 Å². The van der Waals surface area contributed by atoms with Gasteiger partial charge in [-0.25, -0.2) is 0 Å². The van der Waals surface area contributed by atoms with Gasteiger partial charge in [0.15, 0.2) is 0 Å². The summed E-state index contributed by atoms with van der Waals surface area (Å²) in [7, 11) is 0. The third-order valence-corrected chi connectivity index (χ3v) is 1.38. The van der Waals surface area contributed by atoms with Gasteiger partial charge in [0.2, 0.25) is 0 Å². The van der Waals surface area contributed by atoms with Crippen LogP contribution < -0.4 is 0 Å². The Balaban J connectivity index is 0.000000561. The van der Waals surface area contributed by atoms with Crippen molar-refractivity contribution in [3.8, 4) is 0 Å². The maximum Gasteiger partial charge on any atom is 0.0776 e. The van der Waals surface area contributed by atoms with Gasteiger partial charge in [-0.1, -0.05) is 19.9 Å². The molecule has 0 saturated carbocycles. The quantitative estimate of drug-likeness (QED) is 0.697. The minimum Gasteiger partial charge on any atom is -0.389 e. The van der Waals surface area contributed by atoms with E-state index in [0.29, 0.717) is 0 Å². The highest BCUT2D eigenvalue weighted by Gasteiger charge is 1.98. The number of hydrogen-bond donors (Lipinski definition) is 1. The van der Waals surface area contributed by atoms with Crippen LogP contribution >= 0.6 is 0 Å². The molecule has 0 spiro atoms. The van der Waals surface area contributed by atoms with Crippen molar-refractivity contribution in [2.24, 2.45) is 0 Å². The topological polar surface area (TPSA) is 33.1 Å². The summed E-state index contributed by atoms with van der Waals surface area (Å²) in [6, 6.07) is 1.93. The van der Waals surface area contributed by atoms with E-state index in [-0.39, 0.29) is 0 Å². The summed E-state index contributed by atoms with van der Waals surface area (Å²) in [6.45, 7) is 7.69. The maximum absolute atomic E-state index is 9.11. The lowest BCUT2D eigenvalue weighted by molar-refractivity contribution is 0.199. The summed E-state index contributed by atoms with van der Waals surface area (Å²) in [4.78, 5) is 3.95. The monoisotopic (exact) mass is 167 g/mol. The first kappa shape index (κ1) is 11.1. The normalized spacial score (nSPS) is 11.4. The molecule has 0 bridgehead atoms. The first-order chi connectivity index (χ1) is 5.70. The van der Waals surface area contributed by atoms with Crippen molar-refractivity contribution < 1.29 is 5.11 Å². The van der Waals surface area contributed by atoms with Crippen molar-refractivity contribution in [3.63, 3.8) is 0 Å². The Hall–Kier alpha value is -0.890. The zero-order chi connectivity index (χ0) is 9.56. The van der Waals surface area contributed by atoms with Crippen LogP contribution in [0.4, 0.5) is 0 Å². The van der Waals surface area contributed by atoms with Gasteiger partial charge in [0, 0.05) is 12.4 Å². The Bertz CT molecular complexity index is 221. The molecule has 2 nitrogen and oxygen atoms in total. The van der Waals surface area contributed by atoms with Crippen molar-refractivity contribution in [1.29, 1.82) is 0 Å². The molecule has 68 valence electrons. The second-order valence-electron chi connectivity index (χ2n) is 2.47. The van der Waals surface area contributed by atoms with E-state index < -0.39 is 6.10 Å². The van der Waals surface area contributed by atoms with Gasteiger partial charge in [-0.15, -0.1) is 0 Å². The van der Waals surface area contributed by atoms with Crippen LogP contribution in [0.15, 0.2) is 18.5 Å². The molecule has 1 heterocycles. The minimum absolute atomic E-state index is 0.410. The lowest BCUT2D eigenvalue weighted by Gasteiger charge is -2.02. The predicted molar refractivity (Wildman–Crippen MR) is 51.0 cm³/mol. The van der Waals surface area contributed by atoms with Crippen molar-refractivity contribution >= 4 is 0 Å². The molecular formula is C10H17NO. The summed E-state index contributed by atoms with van der Waals surface area (Å²) in [5.41, 5.74) is 1.96. The van der Waals surface area contributed by atoms with Crippen LogP contribution in [0.25, 0.3) is 0 Å². The molecule has 1 aromatic rings. The summed E-state index contributed by atoms with van der Waals surface area (Å²) >= 11 is 0. The molecule has 2 heteroatoms. The fourth-order valence-electron chi connectivity index (χ4n) is 0.807. The second kappa shape index (κ2) is 5.72. The third kappa shape index (κ3) is 3.49. The molecule has 0 radical (unpaired) electrons. The first-order valence-corrected chi connectivity index (χ1v) is 4.30. The van der Waals surface area contributed by atoms with Gasteiger partial charge in [-0.2, -0.15) is 0 Å². The zero-order valence-electron chi connectivity index (χ0n) is 8.20. The Morgan fingerprint density at radius 1 is 1.33 bits per heavy atom. The number of hydrogen-bond acceptors (Lipinski definition) is 2. The molecule has 0 aliphatic carbocycles. The molecule has 0 fully saturated rings. The lowest BCUT2D eigenvalue weighted by atomic mass is 10.1. The van der Waals surface area contributed by atoms with Gasteiger partial charge < -0.3 is 5.11 Å². The van der Waals surface area contributed by atoms with Crippen LogP contribution in [0.1, 0.15) is 38.0 Å². The smallest absolute Gasteiger partial charge is 0.0776 e. The Morgan fingerprint density at radius 2 is 1.92 bits per heavy atom. The van der Waals surface area contributed by atoms with Crippen LogP contribution in [0, 0.1) is 6.92 Å². The van der Waals surface area contributed by atoms with Crippen LogP contribution in [0.3, 0.4) is 0 Å². The van der Waals surface area contributed by atoms with Gasteiger partial charge in [-0.3, -0.25) is 4.98 Å². The van der Waals surface area contributed by atoms with Gasteiger partial charge >= 0.3 is 0 Å². The molecular weight excluding hydrogens is 150 g/mol. The summed E-state index contributed by atoms with van der Waals surface area (Å²) in [6.07, 6.45) is 3.04. The number of aliphatic hydroxyl groups excluding tert-OH is 1. The molecule has 1 aromatic heterocycles.